The van der Waals surface area contributed by atoms with Crippen molar-refractivity contribution in [3.05, 3.63) is 29.8 Å². The first-order chi connectivity index (χ1) is 11.2. The van der Waals surface area contributed by atoms with Gasteiger partial charge in [0.1, 0.15) is 5.75 Å². The fourth-order valence-electron chi connectivity index (χ4n) is 3.45. The molecule has 2 heterocycles. The lowest BCUT2D eigenvalue weighted by atomic mass is 10.1. The second kappa shape index (κ2) is 8.11. The molecule has 0 saturated carbocycles. The zero-order valence-corrected chi connectivity index (χ0v) is 14.2. The molecular formula is C18H29N3O2. The van der Waals surface area contributed by atoms with E-state index in [4.69, 9.17) is 4.74 Å². The minimum Gasteiger partial charge on any atom is -0.508 e. The summed E-state index contributed by atoms with van der Waals surface area (Å²) < 4.78 is 5.40. The molecule has 5 heteroatoms. The van der Waals surface area contributed by atoms with Gasteiger partial charge in [-0.25, -0.2) is 0 Å². The Morgan fingerprint density at radius 3 is 2.09 bits per heavy atom. The normalized spacial score (nSPS) is 23.0. The van der Waals surface area contributed by atoms with E-state index in [0.717, 1.165) is 59.0 Å². The van der Waals surface area contributed by atoms with Crippen LogP contribution in [0.2, 0.25) is 0 Å². The Balaban J connectivity index is 1.41. The van der Waals surface area contributed by atoms with E-state index in [1.54, 1.807) is 12.1 Å². The van der Waals surface area contributed by atoms with Crippen LogP contribution in [0.25, 0.3) is 0 Å². The summed E-state index contributed by atoms with van der Waals surface area (Å²) in [5.41, 5.74) is 1.28. The minimum atomic E-state index is 0.342. The Kier molecular flexibility index (Phi) is 5.89. The van der Waals surface area contributed by atoms with Crippen LogP contribution < -0.4 is 0 Å². The van der Waals surface area contributed by atoms with E-state index in [1.807, 2.05) is 12.1 Å². The molecule has 0 aliphatic carbocycles. The molecule has 1 aromatic rings. The molecule has 1 unspecified atom stereocenters. The Morgan fingerprint density at radius 1 is 0.913 bits per heavy atom. The summed E-state index contributed by atoms with van der Waals surface area (Å²) >= 11 is 0. The number of ether oxygens (including phenoxy) is 1. The number of rotatable bonds is 5. The minimum absolute atomic E-state index is 0.342. The molecule has 0 amide bonds. The average Bonchev–Trinajstić information content (AvgIpc) is 2.61. The lowest BCUT2D eigenvalue weighted by Crippen LogP contribution is -2.49. The predicted octanol–water partition coefficient (Wildman–Crippen LogP) is 1.40. The highest BCUT2D eigenvalue weighted by Crippen LogP contribution is 2.23. The van der Waals surface area contributed by atoms with Crippen LogP contribution in [-0.2, 0) is 4.74 Å². The second-order valence-electron chi connectivity index (χ2n) is 6.60. The van der Waals surface area contributed by atoms with Gasteiger partial charge in [-0.05, 0) is 24.6 Å². The number of hydrogen-bond acceptors (Lipinski definition) is 5. The fraction of sp³-hybridized carbons (Fsp3) is 0.667. The summed E-state index contributed by atoms with van der Waals surface area (Å²) in [4.78, 5) is 7.63. The average molecular weight is 319 g/mol. The molecule has 3 rings (SSSR count). The smallest absolute Gasteiger partial charge is 0.115 e. The number of phenols is 1. The zero-order valence-electron chi connectivity index (χ0n) is 14.2. The molecule has 0 bridgehead atoms. The van der Waals surface area contributed by atoms with Crippen LogP contribution in [0.15, 0.2) is 24.3 Å². The number of phenolic OH excluding ortho intramolecular Hbond substituents is 1. The predicted molar refractivity (Wildman–Crippen MR) is 91.8 cm³/mol. The third kappa shape index (κ3) is 4.67. The van der Waals surface area contributed by atoms with Gasteiger partial charge in [-0.2, -0.15) is 0 Å². The summed E-state index contributed by atoms with van der Waals surface area (Å²) in [5, 5.41) is 9.42. The highest BCUT2D eigenvalue weighted by Gasteiger charge is 2.22. The van der Waals surface area contributed by atoms with E-state index in [2.05, 4.69) is 21.6 Å². The first kappa shape index (κ1) is 16.7. The van der Waals surface area contributed by atoms with Crippen molar-refractivity contribution >= 4 is 0 Å². The molecule has 0 spiro atoms. The number of benzene rings is 1. The van der Waals surface area contributed by atoms with Crippen molar-refractivity contribution in [1.82, 2.24) is 14.7 Å². The molecule has 2 fully saturated rings. The van der Waals surface area contributed by atoms with Crippen LogP contribution in [-0.4, -0.2) is 85.4 Å². The molecule has 0 radical (unpaired) electrons. The van der Waals surface area contributed by atoms with Crippen molar-refractivity contribution in [3.8, 4) is 5.75 Å². The second-order valence-corrected chi connectivity index (χ2v) is 6.60. The Labute approximate surface area is 139 Å². The van der Waals surface area contributed by atoms with Crippen molar-refractivity contribution in [3.63, 3.8) is 0 Å². The molecule has 1 N–H and O–H groups in total. The van der Waals surface area contributed by atoms with Crippen LogP contribution in [0.5, 0.6) is 5.75 Å². The molecule has 0 aromatic heterocycles. The quantitative estimate of drug-likeness (QED) is 0.888. The van der Waals surface area contributed by atoms with Crippen molar-refractivity contribution < 1.29 is 9.84 Å². The number of aromatic hydroxyl groups is 1. The van der Waals surface area contributed by atoms with Gasteiger partial charge < -0.3 is 9.84 Å². The Morgan fingerprint density at radius 2 is 1.48 bits per heavy atom. The highest BCUT2D eigenvalue weighted by molar-refractivity contribution is 5.27. The lowest BCUT2D eigenvalue weighted by molar-refractivity contribution is 0.0283. The first-order valence-electron chi connectivity index (χ1n) is 8.78. The maximum absolute atomic E-state index is 9.42. The van der Waals surface area contributed by atoms with Gasteiger partial charge >= 0.3 is 0 Å². The van der Waals surface area contributed by atoms with Gasteiger partial charge in [-0.3, -0.25) is 14.7 Å². The van der Waals surface area contributed by atoms with Crippen molar-refractivity contribution in [2.24, 2.45) is 0 Å². The lowest BCUT2D eigenvalue weighted by Gasteiger charge is -2.39. The summed E-state index contributed by atoms with van der Waals surface area (Å²) in [6, 6.07) is 8.04. The summed E-state index contributed by atoms with van der Waals surface area (Å²) in [5.74, 6) is 0.342. The van der Waals surface area contributed by atoms with E-state index in [9.17, 15) is 5.11 Å². The summed E-state index contributed by atoms with van der Waals surface area (Å²) in [6.45, 7) is 13.1. The van der Waals surface area contributed by atoms with Crippen LogP contribution >= 0.6 is 0 Å². The van der Waals surface area contributed by atoms with E-state index >= 15 is 0 Å². The Bertz CT molecular complexity index is 466. The topological polar surface area (TPSA) is 39.2 Å². The Hall–Kier alpha value is -1.14. The van der Waals surface area contributed by atoms with Gasteiger partial charge in [0.2, 0.25) is 0 Å². The molecule has 1 aromatic carbocycles. The number of piperazine rings is 1. The van der Waals surface area contributed by atoms with Gasteiger partial charge in [0.25, 0.3) is 0 Å². The molecule has 5 nitrogen and oxygen atoms in total. The number of morpholine rings is 1. The largest absolute Gasteiger partial charge is 0.508 e. The van der Waals surface area contributed by atoms with Crippen LogP contribution in [0.1, 0.15) is 18.5 Å². The number of hydrogen-bond donors (Lipinski definition) is 1. The van der Waals surface area contributed by atoms with Gasteiger partial charge in [0.05, 0.1) is 13.2 Å². The molecule has 2 aliphatic rings. The van der Waals surface area contributed by atoms with E-state index in [0.29, 0.717) is 11.8 Å². The number of nitrogens with zero attached hydrogens (tertiary/aromatic N) is 3. The monoisotopic (exact) mass is 319 g/mol. The van der Waals surface area contributed by atoms with E-state index < -0.39 is 0 Å². The third-order valence-electron chi connectivity index (χ3n) is 5.17. The molecule has 2 aliphatic heterocycles. The van der Waals surface area contributed by atoms with Crippen molar-refractivity contribution in [2.45, 2.75) is 13.0 Å². The van der Waals surface area contributed by atoms with Gasteiger partial charge in [0, 0.05) is 58.4 Å². The van der Waals surface area contributed by atoms with Crippen molar-refractivity contribution in [2.75, 3.05) is 65.6 Å². The summed E-state index contributed by atoms with van der Waals surface area (Å²) in [6.07, 6.45) is 0. The van der Waals surface area contributed by atoms with Crippen LogP contribution in [0, 0.1) is 0 Å². The molecule has 23 heavy (non-hydrogen) atoms. The molecule has 2 saturated heterocycles. The van der Waals surface area contributed by atoms with Crippen molar-refractivity contribution in [1.29, 1.82) is 0 Å². The molecular weight excluding hydrogens is 290 g/mol. The maximum Gasteiger partial charge on any atom is 0.115 e. The van der Waals surface area contributed by atoms with Gasteiger partial charge in [-0.15, -0.1) is 0 Å². The summed E-state index contributed by atoms with van der Waals surface area (Å²) in [7, 11) is 0. The third-order valence-corrected chi connectivity index (χ3v) is 5.17. The van der Waals surface area contributed by atoms with Crippen LogP contribution in [0.3, 0.4) is 0 Å². The zero-order chi connectivity index (χ0) is 16.1. The standard InChI is InChI=1S/C18H29N3O2/c1-16(17-2-4-18(22)5-3-17)21-10-8-19(9-11-21)6-7-20-12-14-23-15-13-20/h2-5,16,22H,6-15H2,1H3. The SMILES string of the molecule is CC(c1ccc(O)cc1)N1CCN(CCN2CCOCC2)CC1. The van der Waals surface area contributed by atoms with Gasteiger partial charge in [0.15, 0.2) is 0 Å². The fourth-order valence-corrected chi connectivity index (χ4v) is 3.45. The van der Waals surface area contributed by atoms with E-state index in [-0.39, 0.29) is 0 Å². The van der Waals surface area contributed by atoms with E-state index in [1.165, 1.54) is 12.1 Å². The van der Waals surface area contributed by atoms with Gasteiger partial charge in [-0.1, -0.05) is 12.1 Å². The highest BCUT2D eigenvalue weighted by atomic mass is 16.5. The molecule has 1 atom stereocenters. The van der Waals surface area contributed by atoms with Crippen LogP contribution in [0.4, 0.5) is 0 Å². The maximum atomic E-state index is 9.42. The molecule has 128 valence electrons. The first-order valence-corrected chi connectivity index (χ1v) is 8.78.